The van der Waals surface area contributed by atoms with Gasteiger partial charge in [-0.25, -0.2) is 14.6 Å². The molecule has 4 rings (SSSR count). The van der Waals surface area contributed by atoms with Gasteiger partial charge in [0.25, 0.3) is 0 Å². The Bertz CT molecular complexity index is 1120. The van der Waals surface area contributed by atoms with E-state index < -0.39 is 0 Å². The summed E-state index contributed by atoms with van der Waals surface area (Å²) >= 11 is 0. The first-order valence-corrected chi connectivity index (χ1v) is 11.9. The number of anilines is 1. The van der Waals surface area contributed by atoms with Crippen LogP contribution >= 0.6 is 0 Å². The lowest BCUT2D eigenvalue weighted by Crippen LogP contribution is -2.48. The zero-order valence-electron chi connectivity index (χ0n) is 19.8. The van der Waals surface area contributed by atoms with Crippen LogP contribution in [0.15, 0.2) is 43.2 Å². The summed E-state index contributed by atoms with van der Waals surface area (Å²) in [6.45, 7) is 11.4. The molecular formula is C25H33N7O2. The number of nitrogen functional groups attached to an aromatic ring is 1. The second-order valence-electron chi connectivity index (χ2n) is 8.42. The maximum absolute atomic E-state index is 11.7. The fourth-order valence-electron chi connectivity index (χ4n) is 4.36. The zero-order chi connectivity index (χ0) is 23.9. The normalized spacial score (nSPS) is 14.4. The van der Waals surface area contributed by atoms with Crippen molar-refractivity contribution in [1.82, 2.24) is 29.5 Å². The van der Waals surface area contributed by atoms with Gasteiger partial charge in [-0.1, -0.05) is 13.0 Å². The number of benzene rings is 1. The van der Waals surface area contributed by atoms with Crippen LogP contribution < -0.4 is 10.5 Å². The number of carbonyl (C=O) groups is 1. The standard InChI is InChI=1S/C25H33N7O2/c1-3-21(33)31-16-14-30(15-17-31)12-6-5-7-13-32-25-22(24(26)27-18-28-25)23(29-32)19-8-10-20(11-9-19)34-4-2/h3,8-11,18H,1,4-7,12-17H2,2H3,(H2,26,27,28). The molecule has 1 saturated heterocycles. The summed E-state index contributed by atoms with van der Waals surface area (Å²) in [4.78, 5) is 24.7. The number of ether oxygens (including phenoxy) is 1. The first-order chi connectivity index (χ1) is 16.6. The van der Waals surface area contributed by atoms with Gasteiger partial charge in [0.2, 0.25) is 5.91 Å². The van der Waals surface area contributed by atoms with E-state index in [1.165, 1.54) is 12.4 Å². The molecule has 0 aliphatic carbocycles. The number of aryl methyl sites for hydroxylation is 1. The summed E-state index contributed by atoms with van der Waals surface area (Å²) in [6.07, 6.45) is 6.09. The van der Waals surface area contributed by atoms with Gasteiger partial charge in [-0.05, 0) is 56.7 Å². The highest BCUT2D eigenvalue weighted by Gasteiger charge is 2.19. The van der Waals surface area contributed by atoms with Gasteiger partial charge < -0.3 is 15.4 Å². The van der Waals surface area contributed by atoms with Crippen molar-refractivity contribution in [1.29, 1.82) is 0 Å². The average Bonchev–Trinajstić information content (AvgIpc) is 3.24. The second-order valence-corrected chi connectivity index (χ2v) is 8.42. The lowest BCUT2D eigenvalue weighted by Gasteiger charge is -2.34. The van der Waals surface area contributed by atoms with Crippen LogP contribution in [0, 0.1) is 0 Å². The molecule has 0 saturated carbocycles. The van der Waals surface area contributed by atoms with Crippen LogP contribution in [0.25, 0.3) is 22.3 Å². The van der Waals surface area contributed by atoms with Crippen LogP contribution in [-0.2, 0) is 11.3 Å². The van der Waals surface area contributed by atoms with Crippen molar-refractivity contribution in [2.24, 2.45) is 0 Å². The molecule has 1 aliphatic heterocycles. The van der Waals surface area contributed by atoms with Crippen molar-refractivity contribution in [3.8, 4) is 17.0 Å². The minimum Gasteiger partial charge on any atom is -0.494 e. The molecule has 0 atom stereocenters. The van der Waals surface area contributed by atoms with Crippen LogP contribution in [0.4, 0.5) is 5.82 Å². The molecule has 0 spiro atoms. The summed E-state index contributed by atoms with van der Waals surface area (Å²) < 4.78 is 7.50. The summed E-state index contributed by atoms with van der Waals surface area (Å²) in [5.41, 5.74) is 8.74. The SMILES string of the molecule is C=CC(=O)N1CCN(CCCCCn2nc(-c3ccc(OCC)cc3)c3c(N)ncnc32)CC1. The average molecular weight is 464 g/mol. The predicted molar refractivity (Wildman–Crippen MR) is 133 cm³/mol. The van der Waals surface area contributed by atoms with Crippen LogP contribution in [0.2, 0.25) is 0 Å². The van der Waals surface area contributed by atoms with E-state index in [-0.39, 0.29) is 5.91 Å². The molecule has 2 N–H and O–H groups in total. The largest absolute Gasteiger partial charge is 0.494 e. The van der Waals surface area contributed by atoms with Crippen molar-refractivity contribution < 1.29 is 9.53 Å². The smallest absolute Gasteiger partial charge is 0.246 e. The minimum absolute atomic E-state index is 0.0279. The molecule has 34 heavy (non-hydrogen) atoms. The van der Waals surface area contributed by atoms with Gasteiger partial charge in [0, 0.05) is 38.3 Å². The number of hydrogen-bond acceptors (Lipinski definition) is 7. The van der Waals surface area contributed by atoms with E-state index in [9.17, 15) is 4.79 Å². The van der Waals surface area contributed by atoms with E-state index in [1.54, 1.807) is 0 Å². The molecule has 1 amide bonds. The van der Waals surface area contributed by atoms with Crippen LogP contribution in [-0.4, -0.2) is 74.8 Å². The summed E-state index contributed by atoms with van der Waals surface area (Å²) in [5.74, 6) is 1.29. The molecule has 9 nitrogen and oxygen atoms in total. The van der Waals surface area contributed by atoms with Gasteiger partial charge in [0.05, 0.1) is 12.0 Å². The monoisotopic (exact) mass is 463 g/mol. The van der Waals surface area contributed by atoms with Gasteiger partial charge in [0.1, 0.15) is 23.6 Å². The summed E-state index contributed by atoms with van der Waals surface area (Å²) in [6, 6.07) is 7.87. The Morgan fingerprint density at radius 3 is 2.53 bits per heavy atom. The maximum Gasteiger partial charge on any atom is 0.246 e. The van der Waals surface area contributed by atoms with E-state index in [2.05, 4.69) is 21.4 Å². The number of nitrogens with zero attached hydrogens (tertiary/aromatic N) is 6. The topological polar surface area (TPSA) is 102 Å². The Morgan fingerprint density at radius 1 is 1.09 bits per heavy atom. The number of aromatic nitrogens is 4. The molecular weight excluding hydrogens is 430 g/mol. The third-order valence-electron chi connectivity index (χ3n) is 6.20. The van der Waals surface area contributed by atoms with Crippen LogP contribution in [0.3, 0.4) is 0 Å². The van der Waals surface area contributed by atoms with E-state index in [4.69, 9.17) is 15.6 Å². The Kier molecular flexibility index (Phi) is 7.74. The van der Waals surface area contributed by atoms with E-state index in [1.807, 2.05) is 40.8 Å². The molecule has 180 valence electrons. The number of rotatable bonds is 10. The summed E-state index contributed by atoms with van der Waals surface area (Å²) in [7, 11) is 0. The predicted octanol–water partition coefficient (Wildman–Crippen LogP) is 2.97. The van der Waals surface area contributed by atoms with Crippen molar-refractivity contribution >= 4 is 22.8 Å². The second kappa shape index (κ2) is 11.1. The van der Waals surface area contributed by atoms with Crippen molar-refractivity contribution in [2.75, 3.05) is 45.1 Å². The van der Waals surface area contributed by atoms with Crippen molar-refractivity contribution in [3.63, 3.8) is 0 Å². The molecule has 0 radical (unpaired) electrons. The zero-order valence-corrected chi connectivity index (χ0v) is 19.8. The van der Waals surface area contributed by atoms with E-state index >= 15 is 0 Å². The molecule has 2 aromatic heterocycles. The highest BCUT2D eigenvalue weighted by molar-refractivity contribution is 5.98. The van der Waals surface area contributed by atoms with E-state index in [0.717, 1.165) is 86.6 Å². The van der Waals surface area contributed by atoms with Gasteiger partial charge in [0.15, 0.2) is 5.65 Å². The van der Waals surface area contributed by atoms with Gasteiger partial charge >= 0.3 is 0 Å². The number of amides is 1. The number of piperazine rings is 1. The quantitative estimate of drug-likeness (QED) is 0.364. The number of hydrogen-bond donors (Lipinski definition) is 1. The Morgan fingerprint density at radius 2 is 1.82 bits per heavy atom. The molecule has 3 heterocycles. The van der Waals surface area contributed by atoms with Crippen molar-refractivity contribution in [2.45, 2.75) is 32.7 Å². The Labute approximate surface area is 200 Å². The van der Waals surface area contributed by atoms with Gasteiger partial charge in [-0.3, -0.25) is 9.69 Å². The molecule has 3 aromatic rings. The summed E-state index contributed by atoms with van der Waals surface area (Å²) in [5, 5.41) is 5.64. The maximum atomic E-state index is 11.7. The highest BCUT2D eigenvalue weighted by Crippen LogP contribution is 2.31. The number of unbranched alkanes of at least 4 members (excludes halogenated alkanes) is 2. The highest BCUT2D eigenvalue weighted by atomic mass is 16.5. The van der Waals surface area contributed by atoms with Crippen molar-refractivity contribution in [3.05, 3.63) is 43.2 Å². The molecule has 1 fully saturated rings. The Balaban J connectivity index is 1.34. The minimum atomic E-state index is 0.0279. The van der Waals surface area contributed by atoms with Gasteiger partial charge in [-0.2, -0.15) is 5.10 Å². The van der Waals surface area contributed by atoms with Crippen LogP contribution in [0.5, 0.6) is 5.75 Å². The van der Waals surface area contributed by atoms with Gasteiger partial charge in [-0.15, -0.1) is 0 Å². The fraction of sp³-hybridized carbons (Fsp3) is 0.440. The van der Waals surface area contributed by atoms with Crippen LogP contribution in [0.1, 0.15) is 26.2 Å². The van der Waals surface area contributed by atoms with E-state index in [0.29, 0.717) is 12.4 Å². The Hall–Kier alpha value is -3.46. The third-order valence-corrected chi connectivity index (χ3v) is 6.20. The first kappa shape index (κ1) is 23.7. The third kappa shape index (κ3) is 5.36. The molecule has 0 bridgehead atoms. The fourth-order valence-corrected chi connectivity index (χ4v) is 4.36. The number of nitrogens with two attached hydrogens (primary N) is 1. The molecule has 1 aromatic carbocycles. The number of fused-ring (bicyclic) bond motifs is 1. The first-order valence-electron chi connectivity index (χ1n) is 11.9. The lowest BCUT2D eigenvalue weighted by atomic mass is 10.1. The number of carbonyl (C=O) groups excluding carboxylic acids is 1. The lowest BCUT2D eigenvalue weighted by molar-refractivity contribution is -0.127. The molecule has 0 unspecified atom stereocenters. The molecule has 1 aliphatic rings. The molecule has 9 heteroatoms.